The van der Waals surface area contributed by atoms with E-state index in [4.69, 9.17) is 9.57 Å². The highest BCUT2D eigenvalue weighted by Crippen LogP contribution is 2.72. The maximum absolute atomic E-state index is 16.5. The molecule has 3 saturated carbocycles. The lowest BCUT2D eigenvalue weighted by atomic mass is 9.78. The number of halogens is 1. The average molecular weight is 426 g/mol. The van der Waals surface area contributed by atoms with Gasteiger partial charge in [0, 0.05) is 12.7 Å². The zero-order valence-corrected chi connectivity index (χ0v) is 17.4. The molecule has 0 aromatic heterocycles. The van der Waals surface area contributed by atoms with Crippen LogP contribution < -0.4 is 5.48 Å². The Balaban J connectivity index is 1.59. The predicted molar refractivity (Wildman–Crippen MR) is 105 cm³/mol. The van der Waals surface area contributed by atoms with E-state index in [0.29, 0.717) is 24.7 Å². The summed E-state index contributed by atoms with van der Waals surface area (Å²) in [5.41, 5.74) is 1.28. The van der Waals surface area contributed by atoms with E-state index in [0.717, 1.165) is 25.7 Å². The lowest BCUT2D eigenvalue weighted by molar-refractivity contribution is -0.172. The first-order valence-corrected chi connectivity index (χ1v) is 11.9. The molecule has 4 atom stereocenters. The van der Waals surface area contributed by atoms with Crippen LogP contribution in [0.3, 0.4) is 0 Å². The second-order valence-corrected chi connectivity index (χ2v) is 10.8. The third-order valence-corrected chi connectivity index (χ3v) is 8.89. The van der Waals surface area contributed by atoms with Crippen LogP contribution in [0.25, 0.3) is 0 Å². The Kier molecular flexibility index (Phi) is 5.46. The van der Waals surface area contributed by atoms with Crippen LogP contribution in [0.4, 0.5) is 4.39 Å². The summed E-state index contributed by atoms with van der Waals surface area (Å²) in [4.78, 5) is 17.6. The number of carbonyl (C=O) groups is 1. The molecule has 8 heteroatoms. The van der Waals surface area contributed by atoms with Gasteiger partial charge in [-0.3, -0.25) is 4.79 Å². The number of sulfone groups is 1. The van der Waals surface area contributed by atoms with Gasteiger partial charge in [0.2, 0.25) is 9.84 Å². The average Bonchev–Trinajstić information content (AvgIpc) is 3.63. The smallest absolute Gasteiger partial charge is 0.337 e. The monoisotopic (exact) mass is 425 g/mol. The van der Waals surface area contributed by atoms with Crippen LogP contribution in [0, 0.1) is 23.2 Å². The third kappa shape index (κ3) is 3.70. The van der Waals surface area contributed by atoms with E-state index in [1.165, 1.54) is 7.11 Å². The highest BCUT2D eigenvalue weighted by atomic mass is 32.2. The van der Waals surface area contributed by atoms with Gasteiger partial charge in [-0.25, -0.2) is 18.7 Å². The summed E-state index contributed by atoms with van der Waals surface area (Å²) in [7, 11) is -2.97. The van der Waals surface area contributed by atoms with Crippen molar-refractivity contribution in [3.8, 4) is 0 Å². The van der Waals surface area contributed by atoms with Crippen LogP contribution in [-0.4, -0.2) is 39.0 Å². The second kappa shape index (κ2) is 7.63. The molecule has 29 heavy (non-hydrogen) atoms. The van der Waals surface area contributed by atoms with Crippen LogP contribution in [0.1, 0.15) is 48.9 Å². The van der Waals surface area contributed by atoms with Crippen LogP contribution in [-0.2, 0) is 19.4 Å². The SMILES string of the molecule is COCCS(=O)(=O)C(F)(ONC(=O)c1ccccc1)C12CC(C3CC3)CCC1C2. The molecule has 1 aromatic carbocycles. The number of carbonyl (C=O) groups excluding carboxylic acids is 1. The fraction of sp³-hybridized carbons (Fsp3) is 0.667. The summed E-state index contributed by atoms with van der Waals surface area (Å²) in [6.07, 6.45) is 5.05. The quantitative estimate of drug-likeness (QED) is 0.614. The van der Waals surface area contributed by atoms with Crippen LogP contribution in [0.5, 0.6) is 0 Å². The molecule has 3 aliphatic rings. The van der Waals surface area contributed by atoms with Gasteiger partial charge in [-0.2, -0.15) is 4.39 Å². The Hall–Kier alpha value is -1.51. The molecular formula is C21H28FNO5S. The normalized spacial score (nSPS) is 30.8. The molecule has 1 N–H and O–H groups in total. The molecule has 4 rings (SSSR count). The van der Waals surface area contributed by atoms with Gasteiger partial charge < -0.3 is 4.74 Å². The number of benzene rings is 1. The van der Waals surface area contributed by atoms with E-state index in [1.807, 2.05) is 0 Å². The first kappa shape index (κ1) is 20.8. The number of fused-ring (bicyclic) bond motifs is 1. The van der Waals surface area contributed by atoms with Crippen molar-refractivity contribution < 1.29 is 27.2 Å². The molecule has 160 valence electrons. The number of nitrogens with one attached hydrogen (secondary N) is 1. The van der Waals surface area contributed by atoms with Gasteiger partial charge in [0.25, 0.3) is 5.91 Å². The van der Waals surface area contributed by atoms with Crippen molar-refractivity contribution in [3.05, 3.63) is 35.9 Å². The number of hydrogen-bond donors (Lipinski definition) is 1. The van der Waals surface area contributed by atoms with Crippen molar-refractivity contribution in [3.63, 3.8) is 0 Å². The van der Waals surface area contributed by atoms with E-state index in [9.17, 15) is 13.2 Å². The van der Waals surface area contributed by atoms with Gasteiger partial charge in [0.1, 0.15) is 0 Å². The summed E-state index contributed by atoms with van der Waals surface area (Å²) in [6, 6.07) is 8.20. The molecular weight excluding hydrogens is 397 g/mol. The Bertz CT molecular complexity index is 859. The molecule has 0 saturated heterocycles. The van der Waals surface area contributed by atoms with Gasteiger partial charge in [0.05, 0.1) is 17.8 Å². The number of amides is 1. The molecule has 4 unspecified atom stereocenters. The van der Waals surface area contributed by atoms with Crippen molar-refractivity contribution in [1.29, 1.82) is 0 Å². The Labute approximate surface area is 171 Å². The molecule has 0 aliphatic heterocycles. The van der Waals surface area contributed by atoms with Crippen LogP contribution in [0.2, 0.25) is 0 Å². The lowest BCUT2D eigenvalue weighted by Crippen LogP contribution is -2.53. The van der Waals surface area contributed by atoms with Crippen molar-refractivity contribution in [2.45, 2.75) is 43.7 Å². The van der Waals surface area contributed by atoms with E-state index in [1.54, 1.807) is 30.3 Å². The zero-order valence-electron chi connectivity index (χ0n) is 16.6. The van der Waals surface area contributed by atoms with E-state index in [-0.39, 0.29) is 18.1 Å². The van der Waals surface area contributed by atoms with Gasteiger partial charge in [-0.15, -0.1) is 0 Å². The van der Waals surface area contributed by atoms with E-state index < -0.39 is 32.1 Å². The minimum Gasteiger partial charge on any atom is -0.384 e. The number of ether oxygens (including phenoxy) is 1. The van der Waals surface area contributed by atoms with Crippen LogP contribution >= 0.6 is 0 Å². The van der Waals surface area contributed by atoms with Gasteiger partial charge >= 0.3 is 5.19 Å². The summed E-state index contributed by atoms with van der Waals surface area (Å²) in [5.74, 6) is -0.302. The summed E-state index contributed by atoms with van der Waals surface area (Å²) in [6.45, 7) is -0.128. The standard InChI is InChI=1S/C21H28FNO5S/c1-27-11-12-29(25,26)21(22,28-23-19(24)16-5-3-2-4-6-16)20-13-17(15-7-8-15)9-10-18(20)14-20/h2-6,15,17-18H,7-14H2,1H3,(H,23,24). The molecule has 0 bridgehead atoms. The largest absolute Gasteiger partial charge is 0.384 e. The third-order valence-electron chi connectivity index (χ3n) is 6.89. The number of alkyl halides is 1. The minimum atomic E-state index is -4.34. The second-order valence-electron chi connectivity index (χ2n) is 8.68. The number of rotatable bonds is 9. The molecule has 1 aromatic rings. The van der Waals surface area contributed by atoms with Crippen molar-refractivity contribution in [2.75, 3.05) is 19.5 Å². The minimum absolute atomic E-state index is 0.0338. The van der Waals surface area contributed by atoms with E-state index >= 15 is 4.39 Å². The maximum Gasteiger partial charge on any atom is 0.337 e. The molecule has 0 spiro atoms. The molecule has 6 nitrogen and oxygen atoms in total. The lowest BCUT2D eigenvalue weighted by Gasteiger charge is -2.38. The number of hydrogen-bond acceptors (Lipinski definition) is 5. The Morgan fingerprint density at radius 1 is 1.17 bits per heavy atom. The van der Waals surface area contributed by atoms with Crippen molar-refractivity contribution in [2.24, 2.45) is 23.2 Å². The Morgan fingerprint density at radius 3 is 2.52 bits per heavy atom. The van der Waals surface area contributed by atoms with E-state index in [2.05, 4.69) is 5.48 Å². The molecule has 0 radical (unpaired) electrons. The summed E-state index contributed by atoms with van der Waals surface area (Å²) < 4.78 is 47.4. The fourth-order valence-corrected chi connectivity index (χ4v) is 6.78. The van der Waals surface area contributed by atoms with Gasteiger partial charge in [-0.05, 0) is 68.4 Å². The molecule has 1 amide bonds. The summed E-state index contributed by atoms with van der Waals surface area (Å²) in [5, 5.41) is -2.96. The molecule has 3 aliphatic carbocycles. The highest BCUT2D eigenvalue weighted by molar-refractivity contribution is 7.92. The summed E-state index contributed by atoms with van der Waals surface area (Å²) >= 11 is 0. The predicted octanol–water partition coefficient (Wildman–Crippen LogP) is 3.25. The molecule has 0 heterocycles. The topological polar surface area (TPSA) is 81.7 Å². The number of methoxy groups -OCH3 is 1. The first-order valence-electron chi connectivity index (χ1n) is 10.3. The van der Waals surface area contributed by atoms with Gasteiger partial charge in [0.15, 0.2) is 0 Å². The first-order chi connectivity index (χ1) is 13.8. The number of hydroxylamine groups is 1. The highest BCUT2D eigenvalue weighted by Gasteiger charge is 2.76. The van der Waals surface area contributed by atoms with Gasteiger partial charge in [-0.1, -0.05) is 18.2 Å². The Morgan fingerprint density at radius 2 is 1.86 bits per heavy atom. The van der Waals surface area contributed by atoms with Crippen LogP contribution in [0.15, 0.2) is 30.3 Å². The van der Waals surface area contributed by atoms with Crippen molar-refractivity contribution in [1.82, 2.24) is 5.48 Å². The fourth-order valence-electron chi connectivity index (χ4n) is 5.01. The zero-order chi connectivity index (χ0) is 20.7. The maximum atomic E-state index is 16.5. The molecule has 3 fully saturated rings. The van der Waals surface area contributed by atoms with Crippen molar-refractivity contribution >= 4 is 15.7 Å².